The minimum Gasteiger partial charge on any atom is -0.432 e. The molecule has 0 radical (unpaired) electrons. The van der Waals surface area contributed by atoms with Gasteiger partial charge in [-0.25, -0.2) is 8.78 Å². The van der Waals surface area contributed by atoms with Crippen LogP contribution in [0.1, 0.15) is 23.1 Å². The van der Waals surface area contributed by atoms with Gasteiger partial charge in [0.1, 0.15) is 5.82 Å². The second kappa shape index (κ2) is 11.3. The van der Waals surface area contributed by atoms with Gasteiger partial charge >= 0.3 is 6.61 Å². The van der Waals surface area contributed by atoms with E-state index in [-0.39, 0.29) is 5.82 Å². The topological polar surface area (TPSA) is 31.4 Å². The Labute approximate surface area is 201 Å². The summed E-state index contributed by atoms with van der Waals surface area (Å²) in [5.74, 6) is -1.70. The molecular formula is C28H25F4NO2. The van der Waals surface area contributed by atoms with E-state index in [1.165, 1.54) is 6.07 Å². The second-order valence-corrected chi connectivity index (χ2v) is 8.27. The first kappa shape index (κ1) is 24.7. The molecule has 4 rings (SSSR count). The number of hydrogen-bond donors (Lipinski definition) is 0. The van der Waals surface area contributed by atoms with Crippen molar-refractivity contribution in [3.8, 4) is 17.0 Å². The van der Waals surface area contributed by atoms with E-state index in [2.05, 4.69) is 9.72 Å². The van der Waals surface area contributed by atoms with Gasteiger partial charge in [-0.05, 0) is 72.0 Å². The molecule has 0 saturated heterocycles. The van der Waals surface area contributed by atoms with E-state index >= 15 is 4.39 Å². The number of hydrogen-bond acceptors (Lipinski definition) is 3. The first-order chi connectivity index (χ1) is 16.9. The number of pyridine rings is 1. The van der Waals surface area contributed by atoms with Crippen molar-refractivity contribution in [3.63, 3.8) is 0 Å². The minimum atomic E-state index is -3.09. The average molecular weight is 484 g/mol. The van der Waals surface area contributed by atoms with Crippen molar-refractivity contribution in [2.24, 2.45) is 0 Å². The fraction of sp³-hybridized carbons (Fsp3) is 0.250. The highest BCUT2D eigenvalue weighted by Crippen LogP contribution is 2.28. The first-order valence-electron chi connectivity index (χ1n) is 11.3. The van der Waals surface area contributed by atoms with Crippen molar-refractivity contribution in [2.75, 3.05) is 13.7 Å². The van der Waals surface area contributed by atoms with E-state index < -0.39 is 18.2 Å². The van der Waals surface area contributed by atoms with Crippen LogP contribution in [-0.2, 0) is 24.0 Å². The number of rotatable bonds is 10. The number of benzene rings is 3. The van der Waals surface area contributed by atoms with Crippen LogP contribution in [0.15, 0.2) is 66.9 Å². The lowest BCUT2D eigenvalue weighted by Crippen LogP contribution is -2.04. The molecule has 1 heterocycles. The molecule has 0 fully saturated rings. The Morgan fingerprint density at radius 2 is 1.69 bits per heavy atom. The zero-order valence-electron chi connectivity index (χ0n) is 19.2. The lowest BCUT2D eigenvalue weighted by Gasteiger charge is -2.10. The summed E-state index contributed by atoms with van der Waals surface area (Å²) in [4.78, 5) is 4.55. The highest BCUT2D eigenvalue weighted by molar-refractivity contribution is 5.88. The van der Waals surface area contributed by atoms with Crippen LogP contribution < -0.4 is 4.74 Å². The number of nitrogens with zero attached hydrogens (tertiary/aromatic N) is 1. The molecule has 35 heavy (non-hydrogen) atoms. The molecule has 0 N–H and O–H groups in total. The summed E-state index contributed by atoms with van der Waals surface area (Å²) in [5.41, 5.74) is 3.91. The lowest BCUT2D eigenvalue weighted by atomic mass is 9.98. The molecule has 0 saturated carbocycles. The molecule has 0 aliphatic rings. The molecule has 0 aliphatic carbocycles. The van der Waals surface area contributed by atoms with Gasteiger partial charge in [0.25, 0.3) is 0 Å². The zero-order valence-corrected chi connectivity index (χ0v) is 19.2. The smallest absolute Gasteiger partial charge is 0.387 e. The molecular weight excluding hydrogens is 458 g/mol. The van der Waals surface area contributed by atoms with Crippen LogP contribution in [0.2, 0.25) is 0 Å². The first-order valence-corrected chi connectivity index (χ1v) is 11.3. The number of halogens is 4. The molecule has 0 atom stereocenters. The standard InChI is InChI=1S/C28H25F4NO2/c1-34-14-2-3-19-5-12-25(33-17-19)22-10-11-23-21(16-22)9-8-20(27(23)30)7-4-18-6-13-26(24(29)15-18)35-28(31)32/h5-6,8-13,15-17,28H,2-4,7,14H2,1H3. The van der Waals surface area contributed by atoms with E-state index in [1.807, 2.05) is 36.5 Å². The van der Waals surface area contributed by atoms with E-state index in [0.29, 0.717) is 36.0 Å². The van der Waals surface area contributed by atoms with E-state index in [0.717, 1.165) is 47.2 Å². The van der Waals surface area contributed by atoms with Gasteiger partial charge in [-0.2, -0.15) is 8.78 Å². The average Bonchev–Trinajstić information content (AvgIpc) is 2.85. The van der Waals surface area contributed by atoms with Crippen molar-refractivity contribution >= 4 is 10.8 Å². The molecule has 0 unspecified atom stereocenters. The number of aromatic nitrogens is 1. The highest BCUT2D eigenvalue weighted by atomic mass is 19.3. The van der Waals surface area contributed by atoms with Gasteiger partial charge in [0.05, 0.1) is 5.69 Å². The quantitative estimate of drug-likeness (QED) is 0.177. The van der Waals surface area contributed by atoms with Crippen LogP contribution in [0, 0.1) is 11.6 Å². The molecule has 0 spiro atoms. The molecule has 3 nitrogen and oxygen atoms in total. The third-order valence-electron chi connectivity index (χ3n) is 5.86. The second-order valence-electron chi connectivity index (χ2n) is 8.27. The number of methoxy groups -OCH3 is 1. The molecule has 1 aromatic heterocycles. The minimum absolute atomic E-state index is 0.325. The molecule has 3 aromatic carbocycles. The van der Waals surface area contributed by atoms with E-state index in [4.69, 9.17) is 4.74 Å². The fourth-order valence-corrected chi connectivity index (χ4v) is 4.02. The molecule has 7 heteroatoms. The lowest BCUT2D eigenvalue weighted by molar-refractivity contribution is -0.0522. The SMILES string of the molecule is COCCCc1ccc(-c2ccc3c(F)c(CCc4ccc(OC(F)F)c(F)c4)ccc3c2)nc1. The number of alkyl halides is 2. The number of aryl methyl sites for hydroxylation is 3. The van der Waals surface area contributed by atoms with Crippen molar-refractivity contribution in [1.29, 1.82) is 0 Å². The third kappa shape index (κ3) is 6.17. The largest absolute Gasteiger partial charge is 0.432 e. The van der Waals surface area contributed by atoms with Crippen molar-refractivity contribution in [1.82, 2.24) is 4.98 Å². The van der Waals surface area contributed by atoms with Crippen LogP contribution in [-0.4, -0.2) is 25.3 Å². The van der Waals surface area contributed by atoms with Gasteiger partial charge in [0, 0.05) is 30.9 Å². The van der Waals surface area contributed by atoms with Gasteiger partial charge in [-0.1, -0.05) is 36.4 Å². The summed E-state index contributed by atoms with van der Waals surface area (Å²) < 4.78 is 62.9. The van der Waals surface area contributed by atoms with Crippen LogP contribution >= 0.6 is 0 Å². The molecule has 0 bridgehead atoms. The predicted molar refractivity (Wildman–Crippen MR) is 128 cm³/mol. The number of ether oxygens (including phenoxy) is 2. The summed E-state index contributed by atoms with van der Waals surface area (Å²) >= 11 is 0. The monoisotopic (exact) mass is 483 g/mol. The van der Waals surface area contributed by atoms with E-state index in [1.54, 1.807) is 19.2 Å². The maximum absolute atomic E-state index is 15.2. The van der Waals surface area contributed by atoms with Gasteiger partial charge in [0.2, 0.25) is 0 Å². The maximum atomic E-state index is 15.2. The Balaban J connectivity index is 1.47. The summed E-state index contributed by atoms with van der Waals surface area (Å²) in [5, 5.41) is 1.25. The Morgan fingerprint density at radius 3 is 2.40 bits per heavy atom. The van der Waals surface area contributed by atoms with Gasteiger partial charge < -0.3 is 9.47 Å². The number of fused-ring (bicyclic) bond motifs is 1. The summed E-state index contributed by atoms with van der Waals surface area (Å²) in [6.07, 6.45) is 4.38. The van der Waals surface area contributed by atoms with Crippen molar-refractivity contribution in [3.05, 3.63) is 95.2 Å². The van der Waals surface area contributed by atoms with Crippen LogP contribution in [0.5, 0.6) is 5.75 Å². The summed E-state index contributed by atoms with van der Waals surface area (Å²) in [7, 11) is 1.68. The normalized spacial score (nSPS) is 11.4. The molecule has 182 valence electrons. The Bertz CT molecular complexity index is 1290. The van der Waals surface area contributed by atoms with Crippen molar-refractivity contribution < 1.29 is 27.0 Å². The third-order valence-corrected chi connectivity index (χ3v) is 5.86. The maximum Gasteiger partial charge on any atom is 0.387 e. The highest BCUT2D eigenvalue weighted by Gasteiger charge is 2.12. The Morgan fingerprint density at radius 1 is 0.857 bits per heavy atom. The Hall–Kier alpha value is -3.45. The molecule has 0 aliphatic heterocycles. The predicted octanol–water partition coefficient (Wildman–Crippen LogP) is 7.15. The van der Waals surface area contributed by atoms with Gasteiger partial charge in [0.15, 0.2) is 11.6 Å². The van der Waals surface area contributed by atoms with Gasteiger partial charge in [-0.15, -0.1) is 0 Å². The summed E-state index contributed by atoms with van der Waals surface area (Å²) in [6.45, 7) is -2.39. The van der Waals surface area contributed by atoms with Crippen LogP contribution in [0.3, 0.4) is 0 Å². The fourth-order valence-electron chi connectivity index (χ4n) is 4.02. The summed E-state index contributed by atoms with van der Waals surface area (Å²) in [6, 6.07) is 16.9. The van der Waals surface area contributed by atoms with E-state index in [9.17, 15) is 13.2 Å². The molecule has 0 amide bonds. The zero-order chi connectivity index (χ0) is 24.8. The Kier molecular flexibility index (Phi) is 7.98. The van der Waals surface area contributed by atoms with Crippen LogP contribution in [0.4, 0.5) is 17.6 Å². The molecule has 4 aromatic rings. The van der Waals surface area contributed by atoms with Gasteiger partial charge in [-0.3, -0.25) is 4.98 Å². The van der Waals surface area contributed by atoms with Crippen LogP contribution in [0.25, 0.3) is 22.0 Å². The van der Waals surface area contributed by atoms with Crippen molar-refractivity contribution in [2.45, 2.75) is 32.3 Å².